The molecule has 6 heteroatoms. The molecule has 27 heavy (non-hydrogen) atoms. The molecule has 1 N–H and O–H groups in total. The topological polar surface area (TPSA) is 74.7 Å². The van der Waals surface area contributed by atoms with E-state index >= 15 is 0 Å². The number of pyridine rings is 1. The number of hydrogen-bond acceptors (Lipinski definition) is 4. The highest BCUT2D eigenvalue weighted by Gasteiger charge is 2.16. The molecule has 0 bridgehead atoms. The number of nitrogens with zero attached hydrogens (tertiary/aromatic N) is 3. The Kier molecular flexibility index (Phi) is 6.68. The minimum absolute atomic E-state index is 0.0404. The van der Waals surface area contributed by atoms with Crippen LogP contribution in [0.1, 0.15) is 48.0 Å². The molecule has 0 atom stereocenters. The third kappa shape index (κ3) is 5.48. The zero-order valence-electron chi connectivity index (χ0n) is 15.3. The van der Waals surface area contributed by atoms with Crippen LogP contribution in [-0.4, -0.2) is 29.6 Å². The third-order valence-corrected chi connectivity index (χ3v) is 4.45. The van der Waals surface area contributed by atoms with Crippen LogP contribution in [0.15, 0.2) is 53.9 Å². The second-order valence-corrected chi connectivity index (χ2v) is 6.52. The first-order chi connectivity index (χ1) is 13.2. The number of hydrogen-bond donors (Lipinski definition) is 1. The number of benzene rings is 1. The fraction of sp³-hybridized carbons (Fsp3) is 0.333. The summed E-state index contributed by atoms with van der Waals surface area (Å²) in [6.07, 6.45) is 10.3. The number of rotatable bonds is 8. The van der Waals surface area contributed by atoms with Gasteiger partial charge >= 0.3 is 0 Å². The zero-order chi connectivity index (χ0) is 18.9. The fourth-order valence-electron chi connectivity index (χ4n) is 2.94. The van der Waals surface area contributed by atoms with E-state index in [0.717, 1.165) is 37.8 Å². The molecule has 1 aliphatic rings. The Bertz CT molecular complexity index is 788. The molecule has 1 aliphatic heterocycles. The van der Waals surface area contributed by atoms with Crippen molar-refractivity contribution in [1.29, 1.82) is 0 Å². The maximum absolute atomic E-state index is 11.9. The number of nitrogens with one attached hydrogen (secondary N) is 1. The van der Waals surface area contributed by atoms with Crippen LogP contribution >= 0.6 is 0 Å². The number of carbonyl (C=O) groups excluding carboxylic acids is 2. The van der Waals surface area contributed by atoms with Crippen LogP contribution < -0.4 is 10.3 Å². The van der Waals surface area contributed by atoms with Crippen molar-refractivity contribution in [3.63, 3.8) is 0 Å². The van der Waals surface area contributed by atoms with Gasteiger partial charge in [-0.2, -0.15) is 5.10 Å². The van der Waals surface area contributed by atoms with Crippen LogP contribution in [0.2, 0.25) is 0 Å². The van der Waals surface area contributed by atoms with Gasteiger partial charge in [0.15, 0.2) is 0 Å². The summed E-state index contributed by atoms with van der Waals surface area (Å²) in [6, 6.07) is 11.5. The summed E-state index contributed by atoms with van der Waals surface area (Å²) in [5.41, 5.74) is 2.65. The summed E-state index contributed by atoms with van der Waals surface area (Å²) >= 11 is 0. The molecule has 0 aliphatic carbocycles. The molecule has 0 saturated heterocycles. The summed E-state index contributed by atoms with van der Waals surface area (Å²) < 4.78 is 0. The van der Waals surface area contributed by atoms with Gasteiger partial charge in [-0.3, -0.25) is 14.6 Å². The molecule has 0 radical (unpaired) electrons. The van der Waals surface area contributed by atoms with E-state index in [4.69, 9.17) is 0 Å². The highest BCUT2D eigenvalue weighted by Crippen LogP contribution is 2.20. The molecule has 0 fully saturated rings. The summed E-state index contributed by atoms with van der Waals surface area (Å²) in [6.45, 7) is 0.668. The van der Waals surface area contributed by atoms with Crippen molar-refractivity contribution in [2.45, 2.75) is 38.5 Å². The Hall–Kier alpha value is -3.02. The van der Waals surface area contributed by atoms with Crippen LogP contribution in [0.5, 0.6) is 0 Å². The largest absolute Gasteiger partial charge is 0.352 e. The predicted molar refractivity (Wildman–Crippen MR) is 106 cm³/mol. The van der Waals surface area contributed by atoms with Gasteiger partial charge in [0.1, 0.15) is 0 Å². The number of aryl methyl sites for hydroxylation is 1. The Balaban J connectivity index is 1.35. The molecule has 2 aromatic rings. The monoisotopic (exact) mass is 364 g/mol. The number of aromatic nitrogens is 1. The van der Waals surface area contributed by atoms with Crippen molar-refractivity contribution >= 4 is 23.7 Å². The van der Waals surface area contributed by atoms with Gasteiger partial charge < -0.3 is 5.32 Å². The summed E-state index contributed by atoms with van der Waals surface area (Å²) in [4.78, 5) is 27.7. The quantitative estimate of drug-likeness (QED) is 0.730. The highest BCUT2D eigenvalue weighted by molar-refractivity contribution is 5.96. The van der Waals surface area contributed by atoms with Crippen LogP contribution in [0.25, 0.3) is 0 Å². The maximum atomic E-state index is 11.9. The average molecular weight is 364 g/mol. The van der Waals surface area contributed by atoms with E-state index in [2.05, 4.69) is 27.5 Å². The van der Waals surface area contributed by atoms with E-state index in [1.165, 1.54) is 10.6 Å². The summed E-state index contributed by atoms with van der Waals surface area (Å²) in [7, 11) is 0. The zero-order valence-corrected chi connectivity index (χ0v) is 15.3. The van der Waals surface area contributed by atoms with Crippen LogP contribution in [0.4, 0.5) is 5.69 Å². The smallest absolute Gasteiger partial charge is 0.252 e. The first-order valence-corrected chi connectivity index (χ1v) is 9.36. The molecule has 140 valence electrons. The molecule has 0 spiro atoms. The van der Waals surface area contributed by atoms with E-state index < -0.39 is 0 Å². The molecular formula is C21H24N4O2. The third-order valence-electron chi connectivity index (χ3n) is 4.45. The lowest BCUT2D eigenvalue weighted by Crippen LogP contribution is -2.28. The lowest BCUT2D eigenvalue weighted by Gasteiger charge is -2.20. The first-order valence-electron chi connectivity index (χ1n) is 9.36. The standard InChI is InChI=1S/C21H24N4O2/c26-20-8-5-15-24-25(20)19-11-9-17(10-12-19)6-2-1-3-14-23-21(27)18-7-4-13-22-16-18/h4,7,9-13,15-16H,1-3,5-6,8,14H2,(H,23,27). The van der Waals surface area contributed by atoms with Crippen molar-refractivity contribution in [2.75, 3.05) is 11.6 Å². The lowest BCUT2D eigenvalue weighted by molar-refractivity contribution is -0.118. The van der Waals surface area contributed by atoms with Crippen LogP contribution in [0.3, 0.4) is 0 Å². The molecule has 2 amide bonds. The van der Waals surface area contributed by atoms with Crippen molar-refractivity contribution in [3.8, 4) is 0 Å². The van der Waals surface area contributed by atoms with Crippen LogP contribution in [0, 0.1) is 0 Å². The van der Waals surface area contributed by atoms with Gasteiger partial charge in [-0.25, -0.2) is 5.01 Å². The van der Waals surface area contributed by atoms with Crippen molar-refractivity contribution in [3.05, 3.63) is 59.9 Å². The molecule has 1 aromatic heterocycles. The molecule has 0 saturated carbocycles. The predicted octanol–water partition coefficient (Wildman–Crippen LogP) is 3.34. The average Bonchev–Trinajstić information content (AvgIpc) is 2.72. The van der Waals surface area contributed by atoms with Gasteiger partial charge in [0, 0.05) is 31.6 Å². The number of amides is 2. The van der Waals surface area contributed by atoms with Crippen molar-refractivity contribution < 1.29 is 9.59 Å². The molecule has 1 aromatic carbocycles. The SMILES string of the molecule is O=C(NCCCCCc1ccc(N2N=CCCC2=O)cc1)c1cccnc1. The number of carbonyl (C=O) groups is 2. The summed E-state index contributed by atoms with van der Waals surface area (Å²) in [5, 5.41) is 8.55. The Labute approximate surface area is 159 Å². The van der Waals surface area contributed by atoms with Gasteiger partial charge in [0.2, 0.25) is 5.91 Å². The Morgan fingerprint density at radius 1 is 1.11 bits per heavy atom. The molecule has 6 nitrogen and oxygen atoms in total. The first kappa shape index (κ1) is 18.8. The second kappa shape index (κ2) is 9.62. The van der Waals surface area contributed by atoms with Crippen molar-refractivity contribution in [2.24, 2.45) is 5.10 Å². The minimum atomic E-state index is -0.0754. The minimum Gasteiger partial charge on any atom is -0.352 e. The maximum Gasteiger partial charge on any atom is 0.252 e. The number of anilines is 1. The normalized spacial score (nSPS) is 13.6. The number of unbranched alkanes of at least 4 members (excludes halogenated alkanes) is 2. The molecule has 0 unspecified atom stereocenters. The molecule has 3 rings (SSSR count). The van der Waals surface area contributed by atoms with Gasteiger partial charge in [-0.15, -0.1) is 0 Å². The van der Waals surface area contributed by atoms with Crippen molar-refractivity contribution in [1.82, 2.24) is 10.3 Å². The fourth-order valence-corrected chi connectivity index (χ4v) is 2.94. The van der Waals surface area contributed by atoms with E-state index in [0.29, 0.717) is 18.5 Å². The van der Waals surface area contributed by atoms with Gasteiger partial charge in [0.25, 0.3) is 5.91 Å². The van der Waals surface area contributed by atoms with Gasteiger partial charge in [-0.05, 0) is 55.5 Å². The van der Waals surface area contributed by atoms with E-state index in [9.17, 15) is 9.59 Å². The van der Waals surface area contributed by atoms with Gasteiger partial charge in [-0.1, -0.05) is 18.6 Å². The highest BCUT2D eigenvalue weighted by atomic mass is 16.2. The lowest BCUT2D eigenvalue weighted by atomic mass is 10.1. The van der Waals surface area contributed by atoms with Crippen LogP contribution in [-0.2, 0) is 11.2 Å². The Morgan fingerprint density at radius 3 is 2.70 bits per heavy atom. The molecular weight excluding hydrogens is 340 g/mol. The summed E-state index contributed by atoms with van der Waals surface area (Å²) in [5.74, 6) is -0.0350. The van der Waals surface area contributed by atoms with E-state index in [1.807, 2.05) is 12.1 Å². The number of hydrazone groups is 1. The van der Waals surface area contributed by atoms with E-state index in [1.54, 1.807) is 30.7 Å². The molecule has 2 heterocycles. The van der Waals surface area contributed by atoms with Gasteiger partial charge in [0.05, 0.1) is 11.3 Å². The Morgan fingerprint density at radius 2 is 1.96 bits per heavy atom. The second-order valence-electron chi connectivity index (χ2n) is 6.52. The van der Waals surface area contributed by atoms with E-state index in [-0.39, 0.29) is 11.8 Å².